The van der Waals surface area contributed by atoms with Crippen molar-refractivity contribution in [3.8, 4) is 0 Å². The summed E-state index contributed by atoms with van der Waals surface area (Å²) in [5.74, 6) is 0.0911. The molecule has 0 aromatic carbocycles. The van der Waals surface area contributed by atoms with Crippen LogP contribution in [0.3, 0.4) is 0 Å². The Morgan fingerprint density at radius 3 is 2.73 bits per heavy atom. The van der Waals surface area contributed by atoms with Gasteiger partial charge in [-0.25, -0.2) is 4.98 Å². The largest absolute Gasteiger partial charge is 0.349 e. The van der Waals surface area contributed by atoms with E-state index in [1.165, 1.54) is 11.3 Å². The van der Waals surface area contributed by atoms with Gasteiger partial charge in [-0.2, -0.15) is 0 Å². The van der Waals surface area contributed by atoms with Crippen LogP contribution in [-0.4, -0.2) is 61.0 Å². The van der Waals surface area contributed by atoms with Crippen molar-refractivity contribution >= 4 is 43.2 Å². The molecule has 0 bridgehead atoms. The lowest BCUT2D eigenvalue weighted by Gasteiger charge is -2.37. The van der Waals surface area contributed by atoms with Crippen molar-refractivity contribution in [1.29, 1.82) is 0 Å². The minimum atomic E-state index is -0.271. The second-order valence-corrected chi connectivity index (χ2v) is 8.66. The Hall–Kier alpha value is -1.22. The Bertz CT molecular complexity index is 733. The van der Waals surface area contributed by atoms with Crippen LogP contribution in [0.2, 0.25) is 0 Å². The third-order valence-electron chi connectivity index (χ3n) is 5.09. The van der Waals surface area contributed by atoms with E-state index in [0.717, 1.165) is 58.4 Å². The molecule has 4 heterocycles. The van der Waals surface area contributed by atoms with Crippen molar-refractivity contribution in [3.63, 3.8) is 0 Å². The molecular weight excluding hydrogens is 370 g/mol. The van der Waals surface area contributed by atoms with E-state index in [-0.39, 0.29) is 18.2 Å². The number of nitrogens with zero attached hydrogens (tertiary/aromatic N) is 3. The van der Waals surface area contributed by atoms with Crippen LogP contribution in [0.4, 0.5) is 5.13 Å². The molecule has 4 rings (SSSR count). The molecule has 0 aliphatic carbocycles. The van der Waals surface area contributed by atoms with Gasteiger partial charge in [-0.05, 0) is 39.2 Å². The topological polar surface area (TPSA) is 54.9 Å². The molecule has 0 radical (unpaired) electrons. The maximum Gasteiger partial charge on any atom is 0.264 e. The predicted octanol–water partition coefficient (Wildman–Crippen LogP) is 3.57. The fourth-order valence-corrected chi connectivity index (χ4v) is 5.99. The molecule has 2 saturated heterocycles. The van der Waals surface area contributed by atoms with E-state index in [0.29, 0.717) is 13.2 Å². The molecule has 0 N–H and O–H groups in total. The molecule has 2 aliphatic heterocycles. The Kier molecular flexibility index (Phi) is 5.45. The second-order valence-electron chi connectivity index (χ2n) is 6.62. The van der Waals surface area contributed by atoms with Gasteiger partial charge in [0.2, 0.25) is 0 Å². The Morgan fingerprint density at radius 2 is 2.04 bits per heavy atom. The highest BCUT2D eigenvalue weighted by atomic mass is 32.1. The summed E-state index contributed by atoms with van der Waals surface area (Å²) in [7, 11) is 0. The van der Waals surface area contributed by atoms with Gasteiger partial charge in [0, 0.05) is 19.6 Å². The summed E-state index contributed by atoms with van der Waals surface area (Å²) in [6.07, 6.45) is 2.83. The molecule has 1 atom stereocenters. The van der Waals surface area contributed by atoms with E-state index in [2.05, 4.69) is 18.7 Å². The third-order valence-corrected chi connectivity index (χ3v) is 7.30. The van der Waals surface area contributed by atoms with Gasteiger partial charge in [-0.3, -0.25) is 4.79 Å². The van der Waals surface area contributed by atoms with Crippen molar-refractivity contribution in [2.24, 2.45) is 0 Å². The van der Waals surface area contributed by atoms with E-state index in [1.807, 2.05) is 11.0 Å². The number of amides is 1. The maximum absolute atomic E-state index is 13.2. The summed E-state index contributed by atoms with van der Waals surface area (Å²) in [4.78, 5) is 23.8. The first-order chi connectivity index (χ1) is 12.7. The average Bonchev–Trinajstić information content (AvgIpc) is 3.38. The number of thiazole rings is 1. The summed E-state index contributed by atoms with van der Waals surface area (Å²) in [6, 6.07) is 2.03. The molecule has 6 nitrogen and oxygen atoms in total. The van der Waals surface area contributed by atoms with Gasteiger partial charge < -0.3 is 19.3 Å². The molecular formula is C18H25N3O3S2. The summed E-state index contributed by atoms with van der Waals surface area (Å²) in [5, 5.41) is 1.04. The Balaban J connectivity index is 1.55. The van der Waals surface area contributed by atoms with Crippen molar-refractivity contribution in [2.45, 2.75) is 45.4 Å². The van der Waals surface area contributed by atoms with E-state index < -0.39 is 0 Å². The Morgan fingerprint density at radius 1 is 1.27 bits per heavy atom. The number of rotatable bonds is 5. The monoisotopic (exact) mass is 395 g/mol. The summed E-state index contributed by atoms with van der Waals surface area (Å²) < 4.78 is 12.5. The molecule has 1 unspecified atom stereocenters. The van der Waals surface area contributed by atoms with Crippen LogP contribution >= 0.6 is 22.7 Å². The van der Waals surface area contributed by atoms with Crippen LogP contribution in [0, 0.1) is 0 Å². The molecule has 2 aromatic heterocycles. The first kappa shape index (κ1) is 18.2. The smallest absolute Gasteiger partial charge is 0.264 e. The standard InChI is InChI=1S/C18H25N3O3S2/c1-3-20(4-2)18-19-15-13(26-18)11-14(25-15)16(22)21-8-6-5-7-12(21)17-23-9-10-24-17/h11-12,17H,3-10H2,1-2H3. The van der Waals surface area contributed by atoms with Gasteiger partial charge in [0.1, 0.15) is 4.83 Å². The van der Waals surface area contributed by atoms with Gasteiger partial charge in [-0.1, -0.05) is 11.3 Å². The maximum atomic E-state index is 13.2. The van der Waals surface area contributed by atoms with Crippen LogP contribution < -0.4 is 4.90 Å². The zero-order valence-corrected chi connectivity index (χ0v) is 16.9. The van der Waals surface area contributed by atoms with Crippen LogP contribution in [-0.2, 0) is 9.47 Å². The van der Waals surface area contributed by atoms with E-state index in [9.17, 15) is 4.79 Å². The first-order valence-electron chi connectivity index (χ1n) is 9.40. The lowest BCUT2D eigenvalue weighted by molar-refractivity contribution is -0.100. The fourth-order valence-electron chi connectivity index (χ4n) is 3.69. The van der Waals surface area contributed by atoms with Crippen molar-refractivity contribution < 1.29 is 14.3 Å². The highest BCUT2D eigenvalue weighted by Gasteiger charge is 2.37. The van der Waals surface area contributed by atoms with Crippen molar-refractivity contribution in [3.05, 3.63) is 10.9 Å². The van der Waals surface area contributed by atoms with Crippen molar-refractivity contribution in [2.75, 3.05) is 37.7 Å². The molecule has 0 saturated carbocycles. The van der Waals surface area contributed by atoms with Crippen LogP contribution in [0.5, 0.6) is 0 Å². The van der Waals surface area contributed by atoms with Gasteiger partial charge in [0.15, 0.2) is 11.4 Å². The lowest BCUT2D eigenvalue weighted by Crippen LogP contribution is -2.50. The molecule has 0 spiro atoms. The molecule has 142 valence electrons. The molecule has 2 fully saturated rings. The number of hydrogen-bond acceptors (Lipinski definition) is 7. The number of likely N-dealkylation sites (tertiary alicyclic amines) is 1. The van der Waals surface area contributed by atoms with Crippen LogP contribution in [0.1, 0.15) is 42.8 Å². The molecule has 1 amide bonds. The molecule has 2 aromatic rings. The van der Waals surface area contributed by atoms with Gasteiger partial charge >= 0.3 is 0 Å². The van der Waals surface area contributed by atoms with Gasteiger partial charge in [0.05, 0.1) is 28.8 Å². The molecule has 8 heteroatoms. The number of ether oxygens (including phenoxy) is 2. The fraction of sp³-hybridized carbons (Fsp3) is 0.667. The average molecular weight is 396 g/mol. The van der Waals surface area contributed by atoms with Gasteiger partial charge in [-0.15, -0.1) is 11.3 Å². The van der Waals surface area contributed by atoms with E-state index in [4.69, 9.17) is 14.5 Å². The number of aromatic nitrogens is 1. The summed E-state index contributed by atoms with van der Waals surface area (Å²) in [6.45, 7) is 8.18. The number of hydrogen-bond donors (Lipinski definition) is 0. The minimum Gasteiger partial charge on any atom is -0.349 e. The van der Waals surface area contributed by atoms with Crippen molar-refractivity contribution in [1.82, 2.24) is 9.88 Å². The Labute approximate surface area is 161 Å². The van der Waals surface area contributed by atoms with E-state index in [1.54, 1.807) is 11.3 Å². The first-order valence-corrected chi connectivity index (χ1v) is 11.0. The molecule has 26 heavy (non-hydrogen) atoms. The number of piperidine rings is 1. The highest BCUT2D eigenvalue weighted by molar-refractivity contribution is 7.29. The number of anilines is 1. The SMILES string of the molecule is CCN(CC)c1nc2sc(C(=O)N3CCCCC3C3OCCO3)cc2s1. The second kappa shape index (κ2) is 7.80. The number of carbonyl (C=O) groups is 1. The van der Waals surface area contributed by atoms with Crippen LogP contribution in [0.25, 0.3) is 9.53 Å². The zero-order valence-electron chi connectivity index (χ0n) is 15.3. The summed E-state index contributed by atoms with van der Waals surface area (Å²) in [5.41, 5.74) is 0. The predicted molar refractivity (Wildman–Crippen MR) is 105 cm³/mol. The number of carbonyl (C=O) groups excluding carboxylic acids is 1. The van der Waals surface area contributed by atoms with Crippen LogP contribution in [0.15, 0.2) is 6.07 Å². The number of thiophene rings is 1. The zero-order chi connectivity index (χ0) is 18.1. The highest BCUT2D eigenvalue weighted by Crippen LogP contribution is 2.36. The normalized spacial score (nSPS) is 21.6. The minimum absolute atomic E-state index is 0.0260. The lowest BCUT2D eigenvalue weighted by atomic mass is 10.0. The number of fused-ring (bicyclic) bond motifs is 1. The third kappa shape index (κ3) is 3.35. The summed E-state index contributed by atoms with van der Waals surface area (Å²) >= 11 is 3.17. The van der Waals surface area contributed by atoms with Gasteiger partial charge in [0.25, 0.3) is 5.91 Å². The molecule has 2 aliphatic rings. The van der Waals surface area contributed by atoms with E-state index >= 15 is 0 Å². The quantitative estimate of drug-likeness (QED) is 0.775.